The molecule has 1 unspecified atom stereocenters. The number of rotatable bonds is 3. The summed E-state index contributed by atoms with van der Waals surface area (Å²) in [7, 11) is 1.68. The van der Waals surface area contributed by atoms with Gasteiger partial charge in [-0.3, -0.25) is 0 Å². The number of hydrogen-bond donors (Lipinski definition) is 0. The topological polar surface area (TPSA) is 9.23 Å². The Bertz CT molecular complexity index is 718. The zero-order valence-electron chi connectivity index (χ0n) is 10.8. The van der Waals surface area contributed by atoms with Gasteiger partial charge in [-0.05, 0) is 51.1 Å². The van der Waals surface area contributed by atoms with E-state index in [4.69, 9.17) is 4.74 Å². The van der Waals surface area contributed by atoms with E-state index in [-0.39, 0.29) is 4.83 Å². The zero-order chi connectivity index (χ0) is 14.1. The molecule has 0 bridgehead atoms. The summed E-state index contributed by atoms with van der Waals surface area (Å²) in [5.74, 6) is 0.852. The van der Waals surface area contributed by atoms with Gasteiger partial charge in [0, 0.05) is 9.58 Å². The van der Waals surface area contributed by atoms with Gasteiger partial charge in [0.2, 0.25) is 0 Å². The van der Waals surface area contributed by atoms with Gasteiger partial charge in [-0.15, -0.1) is 11.3 Å². The van der Waals surface area contributed by atoms with Crippen LogP contribution in [0.1, 0.15) is 15.3 Å². The second kappa shape index (κ2) is 5.88. The first-order valence-corrected chi connectivity index (χ1v) is 8.67. The molecule has 0 radical (unpaired) electrons. The number of alkyl halides is 1. The molecule has 1 atom stereocenters. The van der Waals surface area contributed by atoms with Gasteiger partial charge < -0.3 is 4.74 Å². The van der Waals surface area contributed by atoms with Crippen molar-refractivity contribution in [3.8, 4) is 5.75 Å². The molecule has 0 fully saturated rings. The molecule has 20 heavy (non-hydrogen) atoms. The Balaban J connectivity index is 1.99. The van der Waals surface area contributed by atoms with Gasteiger partial charge in [-0.1, -0.05) is 40.2 Å². The lowest BCUT2D eigenvalue weighted by Gasteiger charge is -2.10. The van der Waals surface area contributed by atoms with E-state index in [0.29, 0.717) is 0 Å². The minimum Gasteiger partial charge on any atom is -0.496 e. The van der Waals surface area contributed by atoms with Crippen LogP contribution in [0, 0.1) is 0 Å². The highest BCUT2D eigenvalue weighted by Gasteiger charge is 2.15. The van der Waals surface area contributed by atoms with E-state index in [2.05, 4.69) is 74.3 Å². The Hall–Kier alpha value is -0.840. The van der Waals surface area contributed by atoms with Crippen molar-refractivity contribution in [3.05, 3.63) is 63.4 Å². The van der Waals surface area contributed by atoms with E-state index in [1.165, 1.54) is 20.5 Å². The number of ether oxygens (including phenoxy) is 1. The summed E-state index contributed by atoms with van der Waals surface area (Å²) in [5.41, 5.74) is 1.21. The third-order valence-electron chi connectivity index (χ3n) is 3.16. The number of methoxy groups -OCH3 is 1. The second-order valence-corrected chi connectivity index (χ2v) is 7.33. The summed E-state index contributed by atoms with van der Waals surface area (Å²) in [6.45, 7) is 0. The van der Waals surface area contributed by atoms with E-state index in [9.17, 15) is 0 Å². The average molecular weight is 412 g/mol. The van der Waals surface area contributed by atoms with Crippen molar-refractivity contribution in [2.45, 2.75) is 4.83 Å². The van der Waals surface area contributed by atoms with Gasteiger partial charge in [0.25, 0.3) is 0 Å². The van der Waals surface area contributed by atoms with Crippen molar-refractivity contribution in [3.63, 3.8) is 0 Å². The van der Waals surface area contributed by atoms with Gasteiger partial charge in [0.1, 0.15) is 5.75 Å². The van der Waals surface area contributed by atoms with E-state index in [1.807, 2.05) is 17.4 Å². The monoisotopic (exact) mass is 410 g/mol. The van der Waals surface area contributed by atoms with Crippen molar-refractivity contribution in [1.82, 2.24) is 0 Å². The zero-order valence-corrected chi connectivity index (χ0v) is 14.8. The van der Waals surface area contributed by atoms with Gasteiger partial charge >= 0.3 is 0 Å². The fraction of sp³-hybridized carbons (Fsp3) is 0.125. The van der Waals surface area contributed by atoms with Crippen molar-refractivity contribution < 1.29 is 4.74 Å². The minimum absolute atomic E-state index is 0.196. The van der Waals surface area contributed by atoms with Crippen molar-refractivity contribution >= 4 is 53.3 Å². The van der Waals surface area contributed by atoms with Crippen molar-refractivity contribution in [1.29, 1.82) is 0 Å². The first-order chi connectivity index (χ1) is 9.69. The van der Waals surface area contributed by atoms with Gasteiger partial charge in [0.15, 0.2) is 0 Å². The fourth-order valence-corrected chi connectivity index (χ4v) is 4.46. The first-order valence-electron chi connectivity index (χ1n) is 6.15. The maximum Gasteiger partial charge on any atom is 0.133 e. The Morgan fingerprint density at radius 2 is 1.90 bits per heavy atom. The number of thiophene rings is 1. The van der Waals surface area contributed by atoms with Crippen LogP contribution in [-0.4, -0.2) is 7.11 Å². The maximum absolute atomic E-state index is 5.27. The van der Waals surface area contributed by atoms with E-state index in [1.54, 1.807) is 7.11 Å². The quantitative estimate of drug-likeness (QED) is 0.469. The van der Waals surface area contributed by atoms with Crippen LogP contribution in [0.15, 0.2) is 53.0 Å². The molecule has 0 N–H and O–H groups in total. The molecular weight excluding hydrogens is 400 g/mol. The molecule has 0 aliphatic heterocycles. The highest BCUT2D eigenvalue weighted by Crippen LogP contribution is 2.40. The van der Waals surface area contributed by atoms with Crippen LogP contribution in [0.4, 0.5) is 0 Å². The molecule has 0 saturated carbocycles. The standard InChI is InChI=1S/C16H12Br2OS/c1-19-13-7-6-11(8-12(13)17)16(18)15-9-10-4-2-3-5-14(10)20-15/h2-9,16H,1H3. The van der Waals surface area contributed by atoms with Gasteiger partial charge in [-0.2, -0.15) is 0 Å². The number of hydrogen-bond acceptors (Lipinski definition) is 2. The summed E-state index contributed by atoms with van der Waals surface area (Å²) in [6.07, 6.45) is 0. The van der Waals surface area contributed by atoms with E-state index < -0.39 is 0 Å². The molecule has 4 heteroatoms. The molecule has 1 heterocycles. The van der Waals surface area contributed by atoms with Gasteiger partial charge in [0.05, 0.1) is 16.4 Å². The molecule has 3 rings (SSSR count). The summed E-state index contributed by atoms with van der Waals surface area (Å²) in [6, 6.07) is 16.9. The molecule has 1 aromatic heterocycles. The smallest absolute Gasteiger partial charge is 0.133 e. The molecular formula is C16H12Br2OS. The third kappa shape index (κ3) is 2.65. The predicted octanol–water partition coefficient (Wildman–Crippen LogP) is 6.16. The fourth-order valence-electron chi connectivity index (χ4n) is 2.13. The summed E-state index contributed by atoms with van der Waals surface area (Å²) < 4.78 is 7.57. The van der Waals surface area contributed by atoms with Gasteiger partial charge in [-0.25, -0.2) is 0 Å². The van der Waals surface area contributed by atoms with Crippen molar-refractivity contribution in [2.75, 3.05) is 7.11 Å². The molecule has 0 spiro atoms. The molecule has 0 saturated heterocycles. The predicted molar refractivity (Wildman–Crippen MR) is 93.3 cm³/mol. The molecule has 0 aliphatic rings. The van der Waals surface area contributed by atoms with Crippen molar-refractivity contribution in [2.24, 2.45) is 0 Å². The molecule has 2 aromatic carbocycles. The third-order valence-corrected chi connectivity index (χ3v) is 6.29. The van der Waals surface area contributed by atoms with Crippen LogP contribution in [0.25, 0.3) is 10.1 Å². The van der Waals surface area contributed by atoms with Crippen LogP contribution in [-0.2, 0) is 0 Å². The summed E-state index contributed by atoms with van der Waals surface area (Å²) in [4.78, 5) is 1.50. The second-order valence-electron chi connectivity index (χ2n) is 4.44. The minimum atomic E-state index is 0.196. The Labute approximate surface area is 138 Å². The lowest BCUT2D eigenvalue weighted by molar-refractivity contribution is 0.412. The summed E-state index contributed by atoms with van der Waals surface area (Å²) in [5, 5.41) is 1.30. The van der Waals surface area contributed by atoms with E-state index in [0.717, 1.165) is 10.2 Å². The maximum atomic E-state index is 5.27. The summed E-state index contributed by atoms with van der Waals surface area (Å²) >= 11 is 9.16. The molecule has 0 amide bonds. The lowest BCUT2D eigenvalue weighted by Crippen LogP contribution is -1.91. The SMILES string of the molecule is COc1ccc(C(Br)c2cc3ccccc3s2)cc1Br. The van der Waals surface area contributed by atoms with Crippen LogP contribution in [0.5, 0.6) is 5.75 Å². The molecule has 3 aromatic rings. The average Bonchev–Trinajstić information content (AvgIpc) is 2.90. The highest BCUT2D eigenvalue weighted by atomic mass is 79.9. The largest absolute Gasteiger partial charge is 0.496 e. The Kier molecular flexibility index (Phi) is 4.15. The number of fused-ring (bicyclic) bond motifs is 1. The Morgan fingerprint density at radius 1 is 1.10 bits per heavy atom. The molecule has 1 nitrogen and oxygen atoms in total. The number of halogens is 2. The van der Waals surface area contributed by atoms with E-state index >= 15 is 0 Å². The van der Waals surface area contributed by atoms with Crippen LogP contribution >= 0.6 is 43.2 Å². The first kappa shape index (κ1) is 14.1. The van der Waals surface area contributed by atoms with Crippen LogP contribution in [0.3, 0.4) is 0 Å². The number of benzene rings is 2. The molecule has 0 aliphatic carbocycles. The normalized spacial score (nSPS) is 12.6. The lowest BCUT2D eigenvalue weighted by atomic mass is 10.1. The Morgan fingerprint density at radius 3 is 2.60 bits per heavy atom. The highest BCUT2D eigenvalue weighted by molar-refractivity contribution is 9.10. The molecule has 102 valence electrons. The van der Waals surface area contributed by atoms with Crippen LogP contribution < -0.4 is 4.74 Å². The van der Waals surface area contributed by atoms with Crippen LogP contribution in [0.2, 0.25) is 0 Å².